The molecule has 4 N–H and O–H groups in total. The van der Waals surface area contributed by atoms with Crippen molar-refractivity contribution in [2.24, 2.45) is 23.5 Å². The molecule has 6 heteroatoms. The number of piperazine rings is 1. The number of nitrogens with one attached hydrogen (secondary N) is 2. The van der Waals surface area contributed by atoms with Gasteiger partial charge < -0.3 is 21.3 Å². The summed E-state index contributed by atoms with van der Waals surface area (Å²) in [5, 5.41) is 6.36. The molecule has 2 saturated carbocycles. The van der Waals surface area contributed by atoms with Gasteiger partial charge in [0.2, 0.25) is 5.91 Å². The summed E-state index contributed by atoms with van der Waals surface area (Å²) in [7, 11) is 0. The van der Waals surface area contributed by atoms with Crippen molar-refractivity contribution in [1.29, 1.82) is 0 Å². The fourth-order valence-corrected chi connectivity index (χ4v) is 4.33. The molecule has 0 radical (unpaired) electrons. The first-order valence-electron chi connectivity index (χ1n) is 8.69. The Balaban J connectivity index is 1.39. The van der Waals surface area contributed by atoms with E-state index in [4.69, 9.17) is 5.73 Å². The van der Waals surface area contributed by atoms with Crippen LogP contribution in [0.25, 0.3) is 0 Å². The van der Waals surface area contributed by atoms with E-state index in [1.54, 1.807) is 6.20 Å². The quantitative estimate of drug-likeness (QED) is 0.768. The summed E-state index contributed by atoms with van der Waals surface area (Å²) < 4.78 is 0. The molecular formula is C17H25N5O. The maximum atomic E-state index is 12.5. The molecule has 4 rings (SSSR count). The van der Waals surface area contributed by atoms with Crippen molar-refractivity contribution >= 4 is 17.4 Å². The van der Waals surface area contributed by atoms with Gasteiger partial charge in [0.15, 0.2) is 0 Å². The largest absolute Gasteiger partial charge is 0.369 e. The fraction of sp³-hybridized carbons (Fsp3) is 0.647. The molecule has 4 unspecified atom stereocenters. The topological polar surface area (TPSA) is 83.3 Å². The zero-order valence-corrected chi connectivity index (χ0v) is 13.4. The highest BCUT2D eigenvalue weighted by molar-refractivity contribution is 5.92. The van der Waals surface area contributed by atoms with Crippen molar-refractivity contribution in [3.8, 4) is 0 Å². The van der Waals surface area contributed by atoms with Crippen molar-refractivity contribution in [3.63, 3.8) is 0 Å². The van der Waals surface area contributed by atoms with Gasteiger partial charge in [-0.25, -0.2) is 4.98 Å². The number of amides is 1. The van der Waals surface area contributed by atoms with Gasteiger partial charge in [-0.05, 0) is 37.2 Å². The minimum absolute atomic E-state index is 0.100. The van der Waals surface area contributed by atoms with Crippen LogP contribution in [0.1, 0.15) is 19.3 Å². The van der Waals surface area contributed by atoms with Gasteiger partial charge in [-0.3, -0.25) is 4.79 Å². The smallest absolute Gasteiger partial charge is 0.228 e. The Bertz CT molecular complexity index is 586. The van der Waals surface area contributed by atoms with E-state index in [1.807, 2.05) is 12.1 Å². The van der Waals surface area contributed by atoms with Gasteiger partial charge in [0.1, 0.15) is 5.82 Å². The summed E-state index contributed by atoms with van der Waals surface area (Å²) in [6.07, 6.45) is 4.79. The van der Waals surface area contributed by atoms with Crippen LogP contribution in [0.2, 0.25) is 0 Å². The van der Waals surface area contributed by atoms with Crippen LogP contribution >= 0.6 is 0 Å². The van der Waals surface area contributed by atoms with Gasteiger partial charge in [-0.1, -0.05) is 0 Å². The summed E-state index contributed by atoms with van der Waals surface area (Å²) in [6.45, 7) is 3.97. The second-order valence-corrected chi connectivity index (χ2v) is 7.12. The normalized spacial score (nSPS) is 33.0. The number of hydrogen-bond donors (Lipinski definition) is 3. The van der Waals surface area contributed by atoms with E-state index in [9.17, 15) is 4.79 Å². The van der Waals surface area contributed by atoms with E-state index < -0.39 is 0 Å². The van der Waals surface area contributed by atoms with Crippen molar-refractivity contribution in [1.82, 2.24) is 10.3 Å². The summed E-state index contributed by atoms with van der Waals surface area (Å²) in [6, 6.07) is 4.31. The second-order valence-electron chi connectivity index (χ2n) is 7.12. The summed E-state index contributed by atoms with van der Waals surface area (Å²) in [4.78, 5) is 19.1. The predicted molar refractivity (Wildman–Crippen MR) is 90.2 cm³/mol. The monoisotopic (exact) mass is 315 g/mol. The number of anilines is 2. The summed E-state index contributed by atoms with van der Waals surface area (Å²) in [5.74, 6) is 2.10. The van der Waals surface area contributed by atoms with Gasteiger partial charge in [-0.15, -0.1) is 0 Å². The Labute approximate surface area is 136 Å². The number of pyridine rings is 1. The maximum absolute atomic E-state index is 12.5. The Morgan fingerprint density at radius 3 is 2.87 bits per heavy atom. The van der Waals surface area contributed by atoms with Crippen LogP contribution in [0.15, 0.2) is 18.3 Å². The molecule has 0 spiro atoms. The summed E-state index contributed by atoms with van der Waals surface area (Å²) >= 11 is 0. The number of rotatable bonds is 3. The maximum Gasteiger partial charge on any atom is 0.228 e. The third kappa shape index (κ3) is 2.93. The Morgan fingerprint density at radius 1 is 1.30 bits per heavy atom. The molecule has 1 aromatic rings. The molecule has 1 aliphatic heterocycles. The fourth-order valence-electron chi connectivity index (χ4n) is 4.33. The van der Waals surface area contributed by atoms with E-state index >= 15 is 0 Å². The van der Waals surface area contributed by atoms with Gasteiger partial charge in [-0.2, -0.15) is 0 Å². The van der Waals surface area contributed by atoms with Crippen molar-refractivity contribution in [3.05, 3.63) is 18.3 Å². The molecule has 124 valence electrons. The van der Waals surface area contributed by atoms with Gasteiger partial charge in [0, 0.05) is 56.1 Å². The van der Waals surface area contributed by atoms with Crippen LogP contribution < -0.4 is 21.3 Å². The van der Waals surface area contributed by atoms with Crippen LogP contribution in [0.5, 0.6) is 0 Å². The molecular weight excluding hydrogens is 290 g/mol. The lowest BCUT2D eigenvalue weighted by molar-refractivity contribution is -0.119. The molecule has 23 heavy (non-hydrogen) atoms. The minimum Gasteiger partial charge on any atom is -0.369 e. The average Bonchev–Trinajstić information content (AvgIpc) is 2.93. The number of carbonyl (C=O) groups excluding carboxylic acids is 1. The lowest BCUT2D eigenvalue weighted by Gasteiger charge is -2.37. The number of aromatic nitrogens is 1. The standard InChI is InChI=1S/C17H25N5O/c18-15-9-11-7-12(8-14(11)15)17(23)21-16-10-13(1-2-20-16)22-5-3-19-4-6-22/h1-2,10-12,14-15,19H,3-9,18H2,(H,20,21,23). The number of fused-ring (bicyclic) bond motifs is 1. The molecule has 0 bridgehead atoms. The highest BCUT2D eigenvalue weighted by Gasteiger charge is 2.47. The van der Waals surface area contributed by atoms with E-state index in [0.29, 0.717) is 23.7 Å². The van der Waals surface area contributed by atoms with E-state index in [1.165, 1.54) is 0 Å². The van der Waals surface area contributed by atoms with E-state index in [0.717, 1.165) is 51.1 Å². The van der Waals surface area contributed by atoms with Crippen LogP contribution in [-0.4, -0.2) is 43.1 Å². The number of nitrogens with zero attached hydrogens (tertiary/aromatic N) is 2. The predicted octanol–water partition coefficient (Wildman–Crippen LogP) is 0.803. The molecule has 1 saturated heterocycles. The molecule has 2 aliphatic carbocycles. The van der Waals surface area contributed by atoms with Gasteiger partial charge >= 0.3 is 0 Å². The average molecular weight is 315 g/mol. The molecule has 1 amide bonds. The third-order valence-corrected chi connectivity index (χ3v) is 5.72. The Kier molecular flexibility index (Phi) is 3.95. The lowest BCUT2D eigenvalue weighted by atomic mass is 9.72. The first kappa shape index (κ1) is 14.9. The lowest BCUT2D eigenvalue weighted by Crippen LogP contribution is -2.44. The van der Waals surface area contributed by atoms with E-state index in [2.05, 4.69) is 20.5 Å². The SMILES string of the molecule is NC1CC2CC(C(=O)Nc3cc(N4CCNCC4)ccn3)CC12. The zero-order chi connectivity index (χ0) is 15.8. The first-order valence-corrected chi connectivity index (χ1v) is 8.69. The number of hydrogen-bond acceptors (Lipinski definition) is 5. The molecule has 6 nitrogen and oxygen atoms in total. The Hall–Kier alpha value is -1.66. The van der Waals surface area contributed by atoms with Gasteiger partial charge in [0.25, 0.3) is 0 Å². The molecule has 1 aromatic heterocycles. The molecule has 0 aromatic carbocycles. The molecule has 2 heterocycles. The second kappa shape index (κ2) is 6.09. The highest BCUT2D eigenvalue weighted by atomic mass is 16.1. The molecule has 3 aliphatic rings. The number of carbonyl (C=O) groups is 1. The van der Waals surface area contributed by atoms with Gasteiger partial charge in [0.05, 0.1) is 0 Å². The van der Waals surface area contributed by atoms with Crippen molar-refractivity contribution in [2.45, 2.75) is 25.3 Å². The van der Waals surface area contributed by atoms with Crippen LogP contribution in [0, 0.1) is 17.8 Å². The van der Waals surface area contributed by atoms with Crippen LogP contribution in [0.3, 0.4) is 0 Å². The number of nitrogens with two attached hydrogens (primary N) is 1. The van der Waals surface area contributed by atoms with Crippen LogP contribution in [0.4, 0.5) is 11.5 Å². The Morgan fingerprint density at radius 2 is 2.13 bits per heavy atom. The van der Waals surface area contributed by atoms with Crippen molar-refractivity contribution < 1.29 is 4.79 Å². The highest BCUT2D eigenvalue weighted by Crippen LogP contribution is 2.49. The minimum atomic E-state index is 0.100. The third-order valence-electron chi connectivity index (χ3n) is 5.72. The molecule has 3 fully saturated rings. The van der Waals surface area contributed by atoms with E-state index in [-0.39, 0.29) is 11.8 Å². The first-order chi connectivity index (χ1) is 11.2. The summed E-state index contributed by atoms with van der Waals surface area (Å²) in [5.41, 5.74) is 7.16. The van der Waals surface area contributed by atoms with Crippen molar-refractivity contribution in [2.75, 3.05) is 36.4 Å². The van der Waals surface area contributed by atoms with Crippen LogP contribution in [-0.2, 0) is 4.79 Å². The molecule has 4 atom stereocenters. The zero-order valence-electron chi connectivity index (χ0n) is 13.4.